The van der Waals surface area contributed by atoms with Gasteiger partial charge in [-0.15, -0.1) is 0 Å². The Morgan fingerprint density at radius 1 is 0.378 bits per heavy atom. The average molecular weight is 1050 g/mol. The fourth-order valence-electron chi connectivity index (χ4n) is 6.14. The largest absolute Gasteiger partial charge is 0.472 e. The summed E-state index contributed by atoms with van der Waals surface area (Å²) in [6.07, 6.45) is 72.1. The molecular formula is C62H93O11P. The molecule has 0 heterocycles. The molecule has 0 aliphatic rings. The smallest absolute Gasteiger partial charge is 0.462 e. The zero-order chi connectivity index (χ0) is 54.1. The van der Waals surface area contributed by atoms with Gasteiger partial charge in [-0.05, 0) is 122 Å². The highest BCUT2D eigenvalue weighted by Crippen LogP contribution is 2.43. The summed E-state index contributed by atoms with van der Waals surface area (Å²) >= 11 is 0. The van der Waals surface area contributed by atoms with Crippen LogP contribution in [0.2, 0.25) is 0 Å². The number of aliphatic hydroxyl groups is 1. The Morgan fingerprint density at radius 2 is 0.662 bits per heavy atom. The van der Waals surface area contributed by atoms with Crippen LogP contribution in [0, 0.1) is 0 Å². The van der Waals surface area contributed by atoms with Crippen LogP contribution in [0.5, 0.6) is 0 Å². The number of carbonyl (C=O) groups is 3. The van der Waals surface area contributed by atoms with Crippen LogP contribution in [-0.4, -0.2) is 66.5 Å². The molecule has 3 unspecified atom stereocenters. The summed E-state index contributed by atoms with van der Waals surface area (Å²) in [5, 5.41) is 9.79. The second-order valence-electron chi connectivity index (χ2n) is 16.9. The van der Waals surface area contributed by atoms with Crippen LogP contribution < -0.4 is 0 Å². The topological polar surface area (TPSA) is 155 Å². The number of esters is 3. The Morgan fingerprint density at radius 3 is 0.986 bits per heavy atom. The maximum Gasteiger partial charge on any atom is 0.472 e. The van der Waals surface area contributed by atoms with Crippen LogP contribution in [0.4, 0.5) is 0 Å². The summed E-state index contributed by atoms with van der Waals surface area (Å²) in [4.78, 5) is 48.4. The first-order valence-corrected chi connectivity index (χ1v) is 28.5. The molecule has 412 valence electrons. The molecule has 0 aliphatic heterocycles. The maximum absolute atomic E-state index is 12.9. The SMILES string of the molecule is CC/C=C\C/C=C\C/C=C\C/C=C\C/C=C\CCCC(=O)OC(CO)COP(=O)(O)OCC(COC(=O)CC/C=C\C/C=C\C/C=C\C/C=C\CC)OC(=O)CCC/C=C\C/C=C\C/C=C\C/C=C\C/C=C\CC. The van der Waals surface area contributed by atoms with Gasteiger partial charge >= 0.3 is 25.7 Å². The summed E-state index contributed by atoms with van der Waals surface area (Å²) in [7, 11) is -4.80. The van der Waals surface area contributed by atoms with Crippen molar-refractivity contribution < 1.29 is 52.2 Å². The van der Waals surface area contributed by atoms with Gasteiger partial charge in [0.25, 0.3) is 0 Å². The second-order valence-corrected chi connectivity index (χ2v) is 18.3. The number of allylic oxidation sites excluding steroid dienone is 28. The normalized spacial score (nSPS) is 14.7. The minimum absolute atomic E-state index is 0.0593. The Bertz CT molecular complexity index is 1890. The van der Waals surface area contributed by atoms with Crippen molar-refractivity contribution in [2.24, 2.45) is 0 Å². The molecule has 0 amide bonds. The number of carbonyl (C=O) groups excluding carboxylic acids is 3. The van der Waals surface area contributed by atoms with Crippen molar-refractivity contribution in [1.82, 2.24) is 0 Å². The van der Waals surface area contributed by atoms with Crippen molar-refractivity contribution in [3.8, 4) is 0 Å². The molecule has 0 spiro atoms. The van der Waals surface area contributed by atoms with Gasteiger partial charge in [-0.25, -0.2) is 4.57 Å². The number of ether oxygens (including phenoxy) is 3. The van der Waals surface area contributed by atoms with Gasteiger partial charge in [0.05, 0.1) is 19.8 Å². The van der Waals surface area contributed by atoms with Gasteiger partial charge in [-0.1, -0.05) is 191 Å². The van der Waals surface area contributed by atoms with Crippen molar-refractivity contribution in [3.05, 3.63) is 170 Å². The summed E-state index contributed by atoms with van der Waals surface area (Å²) in [6, 6.07) is 0. The van der Waals surface area contributed by atoms with Gasteiger partial charge < -0.3 is 24.2 Å². The summed E-state index contributed by atoms with van der Waals surface area (Å²) in [5.41, 5.74) is 0. The molecule has 0 aromatic heterocycles. The number of aliphatic hydroxyl groups excluding tert-OH is 1. The first kappa shape index (κ1) is 68.8. The molecule has 0 saturated heterocycles. The van der Waals surface area contributed by atoms with Crippen LogP contribution in [0.3, 0.4) is 0 Å². The maximum atomic E-state index is 12.9. The van der Waals surface area contributed by atoms with E-state index in [1.54, 1.807) is 0 Å². The zero-order valence-electron chi connectivity index (χ0n) is 45.2. The molecule has 0 rings (SSSR count). The number of phosphoric ester groups is 1. The molecule has 11 nitrogen and oxygen atoms in total. The standard InChI is InChI=1S/C62H93O11P/c1-4-7-10-13-16-19-22-25-27-29-31-34-37-40-43-46-49-52-61(65)72-58(54-63)56-70-74(67,68)71-57-59(55-69-60(64)51-48-45-42-39-36-33-24-21-18-15-12-9-6-3)73-62(66)53-50-47-44-41-38-35-32-30-28-26-23-20-17-14-11-8-5-2/h7-12,16-21,25-28,31-36,40-45,58-59,63H,4-6,13-15,22-24,29-30,37-39,46-57H2,1-3H3,(H,67,68)/b10-7-,11-8-,12-9-,19-16-,20-17-,21-18-,27-25-,28-26-,34-31-,35-32-,36-33-,43-40-,44-41-,45-42-. The molecule has 0 aromatic rings. The molecule has 2 N–H and O–H groups in total. The summed E-state index contributed by atoms with van der Waals surface area (Å²) in [5.74, 6) is -1.73. The first-order chi connectivity index (χ1) is 36.2. The van der Waals surface area contributed by atoms with Crippen LogP contribution >= 0.6 is 7.82 Å². The highest BCUT2D eigenvalue weighted by atomic mass is 31.2. The molecule has 0 aliphatic carbocycles. The summed E-state index contributed by atoms with van der Waals surface area (Å²) in [6.45, 7) is 4.04. The molecular weight excluding hydrogens is 952 g/mol. The average Bonchev–Trinajstić information content (AvgIpc) is 3.39. The Balaban J connectivity index is 4.96. The van der Waals surface area contributed by atoms with Gasteiger partial charge in [-0.3, -0.25) is 23.4 Å². The van der Waals surface area contributed by atoms with Gasteiger partial charge in [0.15, 0.2) is 6.10 Å². The van der Waals surface area contributed by atoms with E-state index in [0.29, 0.717) is 32.1 Å². The molecule has 74 heavy (non-hydrogen) atoms. The monoisotopic (exact) mass is 1040 g/mol. The molecule has 0 bridgehead atoms. The van der Waals surface area contributed by atoms with Crippen molar-refractivity contribution >= 4 is 25.7 Å². The van der Waals surface area contributed by atoms with E-state index in [1.165, 1.54) is 0 Å². The fraction of sp³-hybridized carbons (Fsp3) is 0.500. The van der Waals surface area contributed by atoms with E-state index in [-0.39, 0.29) is 19.3 Å². The fourth-order valence-corrected chi connectivity index (χ4v) is 6.93. The predicted molar refractivity (Wildman–Crippen MR) is 306 cm³/mol. The van der Waals surface area contributed by atoms with Gasteiger partial charge in [-0.2, -0.15) is 0 Å². The van der Waals surface area contributed by atoms with Gasteiger partial charge in [0.2, 0.25) is 0 Å². The van der Waals surface area contributed by atoms with E-state index in [0.717, 1.165) is 89.9 Å². The lowest BCUT2D eigenvalue weighted by molar-refractivity contribution is -0.161. The number of hydrogen-bond donors (Lipinski definition) is 2. The molecule has 12 heteroatoms. The Labute approximate surface area is 447 Å². The van der Waals surface area contributed by atoms with Crippen molar-refractivity contribution in [2.75, 3.05) is 26.4 Å². The summed E-state index contributed by atoms with van der Waals surface area (Å²) < 4.78 is 39.2. The van der Waals surface area contributed by atoms with Crippen LogP contribution in [0.15, 0.2) is 170 Å². The molecule has 0 saturated carbocycles. The molecule has 0 radical (unpaired) electrons. The zero-order valence-corrected chi connectivity index (χ0v) is 46.1. The Kier molecular flexibility index (Phi) is 50.3. The molecule has 0 aromatic carbocycles. The quantitative estimate of drug-likeness (QED) is 0.0197. The van der Waals surface area contributed by atoms with E-state index < -0.39 is 64.4 Å². The van der Waals surface area contributed by atoms with E-state index in [9.17, 15) is 28.9 Å². The third kappa shape index (κ3) is 51.7. The Hall–Kier alpha value is -5.16. The van der Waals surface area contributed by atoms with Crippen molar-refractivity contribution in [2.45, 2.75) is 174 Å². The van der Waals surface area contributed by atoms with Gasteiger partial charge in [0.1, 0.15) is 12.7 Å². The van der Waals surface area contributed by atoms with E-state index in [4.69, 9.17) is 23.3 Å². The number of phosphoric acid groups is 1. The van der Waals surface area contributed by atoms with Crippen LogP contribution in [0.25, 0.3) is 0 Å². The minimum atomic E-state index is -4.80. The van der Waals surface area contributed by atoms with Crippen LogP contribution in [-0.2, 0) is 42.2 Å². The molecule has 0 fully saturated rings. The highest BCUT2D eigenvalue weighted by molar-refractivity contribution is 7.47. The van der Waals surface area contributed by atoms with Gasteiger partial charge in [0, 0.05) is 19.3 Å². The minimum Gasteiger partial charge on any atom is -0.462 e. The number of hydrogen-bond acceptors (Lipinski definition) is 10. The van der Waals surface area contributed by atoms with Crippen molar-refractivity contribution in [3.63, 3.8) is 0 Å². The second kappa shape index (κ2) is 54.1. The first-order valence-electron chi connectivity index (χ1n) is 27.0. The van der Waals surface area contributed by atoms with E-state index >= 15 is 0 Å². The number of unbranched alkanes of at least 4 members (excludes halogenated alkanes) is 2. The third-order valence-electron chi connectivity index (χ3n) is 10.1. The third-order valence-corrected chi connectivity index (χ3v) is 11.1. The van der Waals surface area contributed by atoms with Crippen molar-refractivity contribution in [1.29, 1.82) is 0 Å². The lowest BCUT2D eigenvalue weighted by atomic mass is 10.2. The lowest BCUT2D eigenvalue weighted by Gasteiger charge is -2.21. The van der Waals surface area contributed by atoms with Crippen LogP contribution in [0.1, 0.15) is 162 Å². The van der Waals surface area contributed by atoms with E-state index in [2.05, 4.69) is 154 Å². The predicted octanol–water partition coefficient (Wildman–Crippen LogP) is 15.9. The molecule has 3 atom stereocenters. The lowest BCUT2D eigenvalue weighted by Crippen LogP contribution is -2.30. The highest BCUT2D eigenvalue weighted by Gasteiger charge is 2.28. The number of rotatable bonds is 47. The van der Waals surface area contributed by atoms with E-state index in [1.807, 2.05) is 36.5 Å².